The molecule has 1 heterocycles. The van der Waals surface area contributed by atoms with Gasteiger partial charge in [0.25, 0.3) is 11.8 Å². The van der Waals surface area contributed by atoms with Gasteiger partial charge in [-0.05, 0) is 66.2 Å². The molecule has 1 unspecified atom stereocenters. The molecule has 3 aromatic carbocycles. The quantitative estimate of drug-likeness (QED) is 0.396. The summed E-state index contributed by atoms with van der Waals surface area (Å²) in [6, 6.07) is 15.5. The molecular weight excluding hydrogens is 549 g/mol. The van der Waals surface area contributed by atoms with Crippen molar-refractivity contribution in [3.05, 3.63) is 89.5 Å². The van der Waals surface area contributed by atoms with Crippen LogP contribution >= 0.6 is 0 Å². The van der Waals surface area contributed by atoms with E-state index in [0.717, 1.165) is 12.1 Å². The molecule has 4 rings (SSSR count). The first-order valence-corrected chi connectivity index (χ1v) is 14.1. The zero-order chi connectivity index (χ0) is 29.1. The first-order chi connectivity index (χ1) is 18.9. The fraction of sp³-hybridized carbons (Fsp3) is 0.286. The zero-order valence-electron chi connectivity index (χ0n) is 21.4. The molecule has 0 aromatic heterocycles. The third kappa shape index (κ3) is 6.45. The van der Waals surface area contributed by atoms with Crippen LogP contribution in [0.2, 0.25) is 0 Å². The van der Waals surface area contributed by atoms with Gasteiger partial charge in [-0.3, -0.25) is 9.59 Å². The monoisotopic (exact) mass is 576 g/mol. The lowest BCUT2D eigenvalue weighted by atomic mass is 10.1. The molecular formula is C28H27F3N2O6S. The number of nitrogens with one attached hydrogen (secondary N) is 1. The lowest BCUT2D eigenvalue weighted by Gasteiger charge is -2.19. The highest BCUT2D eigenvalue weighted by Crippen LogP contribution is 2.31. The van der Waals surface area contributed by atoms with Crippen LogP contribution in [0.5, 0.6) is 5.75 Å². The number of nitrogens with zero attached hydrogens (tertiary/aromatic N) is 1. The molecule has 3 aromatic rings. The van der Waals surface area contributed by atoms with Crippen LogP contribution in [-0.2, 0) is 20.8 Å². The highest BCUT2D eigenvalue weighted by Gasteiger charge is 2.35. The molecule has 2 amide bonds. The molecule has 1 fully saturated rings. The SMILES string of the molecule is CCS(=O)(=O)c1ccc([C@H](CO)NC(=O)c2ccc(N3CCC(Oc4ccc(C(F)(F)F)cc4)C3=O)cc2)cc1. The summed E-state index contributed by atoms with van der Waals surface area (Å²) in [6.45, 7) is 1.46. The number of sulfone groups is 1. The van der Waals surface area contributed by atoms with E-state index < -0.39 is 46.2 Å². The fourth-order valence-corrected chi connectivity index (χ4v) is 5.13. The molecule has 0 saturated carbocycles. The van der Waals surface area contributed by atoms with Gasteiger partial charge in [0, 0.05) is 24.2 Å². The van der Waals surface area contributed by atoms with Gasteiger partial charge in [0.2, 0.25) is 0 Å². The van der Waals surface area contributed by atoms with Crippen LogP contribution in [0, 0.1) is 0 Å². The first kappa shape index (κ1) is 29.1. The van der Waals surface area contributed by atoms with Gasteiger partial charge in [0.1, 0.15) is 5.75 Å². The summed E-state index contributed by atoms with van der Waals surface area (Å²) in [5.74, 6) is -0.725. The summed E-state index contributed by atoms with van der Waals surface area (Å²) in [6.07, 6.45) is -4.99. The molecule has 212 valence electrons. The van der Waals surface area contributed by atoms with Gasteiger partial charge in [-0.1, -0.05) is 19.1 Å². The van der Waals surface area contributed by atoms with Crippen LogP contribution < -0.4 is 15.0 Å². The molecule has 1 saturated heterocycles. The summed E-state index contributed by atoms with van der Waals surface area (Å²) < 4.78 is 67.9. The van der Waals surface area contributed by atoms with Crippen molar-refractivity contribution in [3.63, 3.8) is 0 Å². The predicted octanol–water partition coefficient (Wildman–Crippen LogP) is 4.15. The summed E-state index contributed by atoms with van der Waals surface area (Å²) in [4.78, 5) is 27.3. The second kappa shape index (κ2) is 11.7. The van der Waals surface area contributed by atoms with Crippen molar-refractivity contribution in [1.29, 1.82) is 0 Å². The van der Waals surface area contributed by atoms with E-state index in [0.29, 0.717) is 24.2 Å². The van der Waals surface area contributed by atoms with Crippen molar-refractivity contribution in [2.45, 2.75) is 36.6 Å². The highest BCUT2D eigenvalue weighted by molar-refractivity contribution is 7.91. The van der Waals surface area contributed by atoms with Gasteiger partial charge < -0.3 is 20.1 Å². The number of rotatable bonds is 9. The molecule has 0 bridgehead atoms. The standard InChI is InChI=1S/C28H27F3N2O6S/c1-2-40(37,38)23-13-5-18(6-14-23)24(17-34)32-26(35)19-3-9-21(10-4-19)33-16-15-25(27(33)36)39-22-11-7-20(8-12-22)28(29,30)31/h3-14,24-25,34H,2,15-17H2,1H3,(H,32,35)/t24-,25?/m0/s1. The van der Waals surface area contributed by atoms with Gasteiger partial charge >= 0.3 is 6.18 Å². The summed E-state index contributed by atoms with van der Waals surface area (Å²) in [5, 5.41) is 12.5. The maximum absolute atomic E-state index is 12.9. The molecule has 8 nitrogen and oxygen atoms in total. The van der Waals surface area contributed by atoms with Crippen LogP contribution in [0.1, 0.15) is 40.9 Å². The fourth-order valence-electron chi connectivity index (χ4n) is 4.25. The van der Waals surface area contributed by atoms with E-state index in [4.69, 9.17) is 4.74 Å². The number of ether oxygens (including phenoxy) is 1. The van der Waals surface area contributed by atoms with Crippen LogP contribution in [-0.4, -0.2) is 50.3 Å². The van der Waals surface area contributed by atoms with Crippen molar-refractivity contribution >= 4 is 27.3 Å². The topological polar surface area (TPSA) is 113 Å². The van der Waals surface area contributed by atoms with Crippen molar-refractivity contribution in [2.75, 3.05) is 23.8 Å². The number of amides is 2. The van der Waals surface area contributed by atoms with Crippen molar-refractivity contribution in [2.24, 2.45) is 0 Å². The van der Waals surface area contributed by atoms with E-state index in [-0.39, 0.29) is 27.9 Å². The zero-order valence-corrected chi connectivity index (χ0v) is 22.2. The third-order valence-corrected chi connectivity index (χ3v) is 8.32. The number of aliphatic hydroxyl groups excluding tert-OH is 1. The maximum atomic E-state index is 12.9. The number of carbonyl (C=O) groups is 2. The lowest BCUT2D eigenvalue weighted by molar-refractivity contribution is -0.137. The smallest absolute Gasteiger partial charge is 0.416 e. The maximum Gasteiger partial charge on any atom is 0.416 e. The van der Waals surface area contributed by atoms with E-state index in [2.05, 4.69) is 5.32 Å². The number of hydrogen-bond donors (Lipinski definition) is 2. The predicted molar refractivity (Wildman–Crippen MR) is 141 cm³/mol. The number of aliphatic hydroxyl groups is 1. The summed E-state index contributed by atoms with van der Waals surface area (Å²) in [7, 11) is -3.38. The van der Waals surface area contributed by atoms with Crippen molar-refractivity contribution in [1.82, 2.24) is 5.32 Å². The molecule has 0 aliphatic carbocycles. The molecule has 2 N–H and O–H groups in total. The molecule has 1 aliphatic heterocycles. The Kier molecular flexibility index (Phi) is 8.50. The summed E-state index contributed by atoms with van der Waals surface area (Å²) >= 11 is 0. The number of alkyl halides is 3. The Morgan fingerprint density at radius 2 is 1.68 bits per heavy atom. The van der Waals surface area contributed by atoms with E-state index in [1.807, 2.05) is 0 Å². The Morgan fingerprint density at radius 1 is 1.05 bits per heavy atom. The molecule has 12 heteroatoms. The van der Waals surface area contributed by atoms with E-state index in [1.54, 1.807) is 19.1 Å². The molecule has 1 aliphatic rings. The van der Waals surface area contributed by atoms with Gasteiger partial charge in [0.15, 0.2) is 15.9 Å². The number of carbonyl (C=O) groups excluding carboxylic acids is 2. The van der Waals surface area contributed by atoms with Crippen LogP contribution in [0.25, 0.3) is 0 Å². The number of benzene rings is 3. The Hall–Kier alpha value is -3.90. The Morgan fingerprint density at radius 3 is 2.23 bits per heavy atom. The van der Waals surface area contributed by atoms with Gasteiger partial charge in [-0.25, -0.2) is 8.42 Å². The van der Waals surface area contributed by atoms with Crippen molar-refractivity contribution < 1.29 is 41.0 Å². The molecule has 40 heavy (non-hydrogen) atoms. The molecule has 2 atom stereocenters. The minimum absolute atomic E-state index is 0.0433. The average Bonchev–Trinajstić information content (AvgIpc) is 3.31. The normalized spacial score (nSPS) is 16.6. The number of anilines is 1. The average molecular weight is 577 g/mol. The van der Waals surface area contributed by atoms with Gasteiger partial charge in [-0.15, -0.1) is 0 Å². The van der Waals surface area contributed by atoms with E-state index in [1.165, 1.54) is 53.4 Å². The Balaban J connectivity index is 1.37. The van der Waals surface area contributed by atoms with Crippen LogP contribution in [0.3, 0.4) is 0 Å². The Bertz CT molecular complexity index is 1460. The van der Waals surface area contributed by atoms with E-state index >= 15 is 0 Å². The summed E-state index contributed by atoms with van der Waals surface area (Å²) in [5.41, 5.74) is 0.515. The van der Waals surface area contributed by atoms with Crippen molar-refractivity contribution in [3.8, 4) is 5.75 Å². The van der Waals surface area contributed by atoms with Gasteiger partial charge in [-0.2, -0.15) is 13.2 Å². The second-order valence-corrected chi connectivity index (χ2v) is 11.4. The lowest BCUT2D eigenvalue weighted by Crippen LogP contribution is -2.32. The second-order valence-electron chi connectivity index (χ2n) is 9.14. The van der Waals surface area contributed by atoms with E-state index in [9.17, 15) is 36.3 Å². The number of halogens is 3. The van der Waals surface area contributed by atoms with Gasteiger partial charge in [0.05, 0.1) is 28.9 Å². The van der Waals surface area contributed by atoms with Crippen LogP contribution in [0.15, 0.2) is 77.7 Å². The molecule has 0 spiro atoms. The first-order valence-electron chi connectivity index (χ1n) is 12.4. The third-order valence-electron chi connectivity index (χ3n) is 6.57. The van der Waals surface area contributed by atoms with Crippen LogP contribution in [0.4, 0.5) is 18.9 Å². The largest absolute Gasteiger partial charge is 0.481 e. The minimum Gasteiger partial charge on any atom is -0.481 e. The highest BCUT2D eigenvalue weighted by atomic mass is 32.2. The minimum atomic E-state index is -4.47. The number of hydrogen-bond acceptors (Lipinski definition) is 6. The molecule has 0 radical (unpaired) electrons. The Labute approximate surface area is 229 Å².